The summed E-state index contributed by atoms with van der Waals surface area (Å²) in [7, 11) is 3.20. The molecule has 5 heteroatoms. The number of hydrogen-bond acceptors (Lipinski definition) is 3. The Kier molecular flexibility index (Phi) is 5.39. The van der Waals surface area contributed by atoms with Gasteiger partial charge in [0.2, 0.25) is 0 Å². The third kappa shape index (κ3) is 3.65. The molecule has 0 saturated heterocycles. The molecule has 1 aromatic rings. The molecular weight excluding hydrogens is 281 g/mol. The standard InChI is InChI=1S/C10H13BrClNO2/c1-14-9(15-2)6-13-8-5-3-4-7(12)10(8)11/h3-5,9,13H,6H2,1-2H3. The maximum atomic E-state index is 5.95. The van der Waals surface area contributed by atoms with Crippen LogP contribution < -0.4 is 5.32 Å². The number of rotatable bonds is 5. The van der Waals surface area contributed by atoms with Gasteiger partial charge in [-0.25, -0.2) is 0 Å². The monoisotopic (exact) mass is 293 g/mol. The molecule has 0 amide bonds. The summed E-state index contributed by atoms with van der Waals surface area (Å²) in [6.07, 6.45) is -0.268. The van der Waals surface area contributed by atoms with Gasteiger partial charge in [-0.05, 0) is 28.1 Å². The van der Waals surface area contributed by atoms with E-state index in [1.165, 1.54) is 0 Å². The summed E-state index contributed by atoms with van der Waals surface area (Å²) in [5.41, 5.74) is 0.918. The van der Waals surface area contributed by atoms with Crippen molar-refractivity contribution < 1.29 is 9.47 Å². The summed E-state index contributed by atoms with van der Waals surface area (Å²) in [4.78, 5) is 0. The number of methoxy groups -OCH3 is 2. The van der Waals surface area contributed by atoms with Crippen molar-refractivity contribution in [3.05, 3.63) is 27.7 Å². The molecule has 0 aliphatic carbocycles. The first-order valence-corrected chi connectivity index (χ1v) is 5.59. The lowest BCUT2D eigenvalue weighted by Crippen LogP contribution is -2.23. The third-order valence-electron chi connectivity index (χ3n) is 1.94. The van der Waals surface area contributed by atoms with E-state index in [4.69, 9.17) is 21.1 Å². The predicted octanol–water partition coefficient (Wildman–Crippen LogP) is 3.13. The zero-order valence-electron chi connectivity index (χ0n) is 8.59. The first-order chi connectivity index (χ1) is 7.19. The second kappa shape index (κ2) is 6.33. The molecule has 1 N–H and O–H groups in total. The average molecular weight is 295 g/mol. The van der Waals surface area contributed by atoms with Crippen LogP contribution in [0.1, 0.15) is 0 Å². The van der Waals surface area contributed by atoms with Gasteiger partial charge in [-0.3, -0.25) is 0 Å². The van der Waals surface area contributed by atoms with Gasteiger partial charge in [0.05, 0.1) is 21.7 Å². The number of nitrogens with one attached hydrogen (secondary N) is 1. The molecule has 0 saturated carbocycles. The van der Waals surface area contributed by atoms with Crippen molar-refractivity contribution in [2.75, 3.05) is 26.1 Å². The van der Waals surface area contributed by atoms with Crippen molar-refractivity contribution >= 4 is 33.2 Å². The zero-order valence-corrected chi connectivity index (χ0v) is 10.9. The summed E-state index contributed by atoms with van der Waals surface area (Å²) < 4.78 is 11.0. The van der Waals surface area contributed by atoms with Gasteiger partial charge in [-0.15, -0.1) is 0 Å². The maximum Gasteiger partial charge on any atom is 0.173 e. The quantitative estimate of drug-likeness (QED) is 0.846. The van der Waals surface area contributed by atoms with E-state index in [0.29, 0.717) is 11.6 Å². The highest BCUT2D eigenvalue weighted by molar-refractivity contribution is 9.10. The highest BCUT2D eigenvalue weighted by atomic mass is 79.9. The van der Waals surface area contributed by atoms with Crippen LogP contribution in [-0.4, -0.2) is 27.1 Å². The molecule has 3 nitrogen and oxygen atoms in total. The molecule has 0 heterocycles. The molecule has 0 spiro atoms. The fourth-order valence-corrected chi connectivity index (χ4v) is 1.68. The lowest BCUT2D eigenvalue weighted by molar-refractivity contribution is -0.0914. The minimum absolute atomic E-state index is 0.268. The minimum Gasteiger partial charge on any atom is -0.379 e. The maximum absolute atomic E-state index is 5.95. The minimum atomic E-state index is -0.268. The Morgan fingerprint density at radius 1 is 1.40 bits per heavy atom. The summed E-state index contributed by atoms with van der Waals surface area (Å²) >= 11 is 9.35. The van der Waals surface area contributed by atoms with Crippen LogP contribution in [0.3, 0.4) is 0 Å². The number of benzene rings is 1. The van der Waals surface area contributed by atoms with E-state index >= 15 is 0 Å². The molecule has 0 aliphatic heterocycles. The van der Waals surface area contributed by atoms with Gasteiger partial charge in [0, 0.05) is 14.2 Å². The molecule has 0 fully saturated rings. The van der Waals surface area contributed by atoms with Crippen molar-refractivity contribution in [2.45, 2.75) is 6.29 Å². The fraction of sp³-hybridized carbons (Fsp3) is 0.400. The largest absolute Gasteiger partial charge is 0.379 e. The number of ether oxygens (including phenoxy) is 2. The molecule has 0 atom stereocenters. The van der Waals surface area contributed by atoms with E-state index in [1.807, 2.05) is 18.2 Å². The van der Waals surface area contributed by atoms with Gasteiger partial charge in [0.15, 0.2) is 6.29 Å². The molecule has 84 valence electrons. The Bertz CT molecular complexity index is 318. The lowest BCUT2D eigenvalue weighted by Gasteiger charge is -2.15. The van der Waals surface area contributed by atoms with Crippen LogP contribution in [0.2, 0.25) is 5.02 Å². The van der Waals surface area contributed by atoms with Crippen LogP contribution in [0.25, 0.3) is 0 Å². The third-order valence-corrected chi connectivity index (χ3v) is 3.33. The highest BCUT2D eigenvalue weighted by Crippen LogP contribution is 2.29. The van der Waals surface area contributed by atoms with E-state index in [1.54, 1.807) is 14.2 Å². The van der Waals surface area contributed by atoms with Crippen LogP contribution in [0, 0.1) is 0 Å². The first-order valence-electron chi connectivity index (χ1n) is 4.42. The average Bonchev–Trinajstić information content (AvgIpc) is 2.25. The predicted molar refractivity (Wildman–Crippen MR) is 65.4 cm³/mol. The van der Waals surface area contributed by atoms with Crippen molar-refractivity contribution in [1.29, 1.82) is 0 Å². The van der Waals surface area contributed by atoms with E-state index in [0.717, 1.165) is 10.2 Å². The molecule has 15 heavy (non-hydrogen) atoms. The van der Waals surface area contributed by atoms with E-state index in [9.17, 15) is 0 Å². The molecule has 0 aromatic heterocycles. The van der Waals surface area contributed by atoms with Gasteiger partial charge in [0.1, 0.15) is 0 Å². The second-order valence-corrected chi connectivity index (χ2v) is 4.08. The Morgan fingerprint density at radius 3 is 2.67 bits per heavy atom. The molecule has 0 radical (unpaired) electrons. The van der Waals surface area contributed by atoms with Gasteiger partial charge in [0.25, 0.3) is 0 Å². The Balaban J connectivity index is 2.61. The molecule has 0 unspecified atom stereocenters. The zero-order chi connectivity index (χ0) is 11.3. The van der Waals surface area contributed by atoms with Crippen LogP contribution in [0.15, 0.2) is 22.7 Å². The summed E-state index contributed by atoms with van der Waals surface area (Å²) in [5, 5.41) is 3.85. The molecule has 1 rings (SSSR count). The Hall–Kier alpha value is -0.290. The normalized spacial score (nSPS) is 10.7. The molecule has 1 aromatic carbocycles. The molecule has 0 aliphatic rings. The fourth-order valence-electron chi connectivity index (χ4n) is 1.10. The smallest absolute Gasteiger partial charge is 0.173 e. The first kappa shape index (κ1) is 12.8. The number of anilines is 1. The van der Waals surface area contributed by atoms with Crippen molar-refractivity contribution in [1.82, 2.24) is 0 Å². The second-order valence-electron chi connectivity index (χ2n) is 2.88. The van der Waals surface area contributed by atoms with Crippen molar-refractivity contribution in [3.63, 3.8) is 0 Å². The number of hydrogen-bond donors (Lipinski definition) is 1. The topological polar surface area (TPSA) is 30.5 Å². The van der Waals surface area contributed by atoms with E-state index < -0.39 is 0 Å². The van der Waals surface area contributed by atoms with Gasteiger partial charge < -0.3 is 14.8 Å². The van der Waals surface area contributed by atoms with Gasteiger partial charge >= 0.3 is 0 Å². The van der Waals surface area contributed by atoms with E-state index in [2.05, 4.69) is 21.2 Å². The van der Waals surface area contributed by atoms with Crippen LogP contribution in [0.4, 0.5) is 5.69 Å². The SMILES string of the molecule is COC(CNc1cccc(Cl)c1Br)OC. The molecular formula is C10H13BrClNO2. The Morgan fingerprint density at radius 2 is 2.07 bits per heavy atom. The van der Waals surface area contributed by atoms with Gasteiger partial charge in [-0.1, -0.05) is 17.7 Å². The van der Waals surface area contributed by atoms with Crippen LogP contribution >= 0.6 is 27.5 Å². The summed E-state index contributed by atoms with van der Waals surface area (Å²) in [5.74, 6) is 0. The van der Waals surface area contributed by atoms with Crippen molar-refractivity contribution in [2.24, 2.45) is 0 Å². The summed E-state index contributed by atoms with van der Waals surface area (Å²) in [6.45, 7) is 0.561. The summed E-state index contributed by atoms with van der Waals surface area (Å²) in [6, 6.07) is 5.63. The van der Waals surface area contributed by atoms with Crippen LogP contribution in [-0.2, 0) is 9.47 Å². The molecule has 0 bridgehead atoms. The van der Waals surface area contributed by atoms with Crippen molar-refractivity contribution in [3.8, 4) is 0 Å². The highest BCUT2D eigenvalue weighted by Gasteiger charge is 2.07. The Labute approximate surface area is 103 Å². The van der Waals surface area contributed by atoms with Crippen LogP contribution in [0.5, 0.6) is 0 Å². The van der Waals surface area contributed by atoms with Gasteiger partial charge in [-0.2, -0.15) is 0 Å². The lowest BCUT2D eigenvalue weighted by atomic mass is 10.3. The number of halogens is 2. The van der Waals surface area contributed by atoms with E-state index in [-0.39, 0.29) is 6.29 Å².